The van der Waals surface area contributed by atoms with Crippen LogP contribution >= 0.6 is 0 Å². The molecular formula is C23H33N5O4. The average Bonchev–Trinajstić information content (AvgIpc) is 3.15. The van der Waals surface area contributed by atoms with E-state index in [2.05, 4.69) is 20.5 Å². The Morgan fingerprint density at radius 1 is 1.16 bits per heavy atom. The third-order valence-corrected chi connectivity index (χ3v) is 4.85. The van der Waals surface area contributed by atoms with Crippen molar-refractivity contribution in [2.24, 2.45) is 0 Å². The first kappa shape index (κ1) is 23.6. The molecule has 1 aliphatic rings. The van der Waals surface area contributed by atoms with Gasteiger partial charge in [0.05, 0.1) is 6.20 Å². The summed E-state index contributed by atoms with van der Waals surface area (Å²) in [7, 11) is 0. The van der Waals surface area contributed by atoms with E-state index in [4.69, 9.17) is 9.47 Å². The first-order chi connectivity index (χ1) is 14.9. The van der Waals surface area contributed by atoms with Crippen LogP contribution in [0.5, 0.6) is 0 Å². The Balaban J connectivity index is 1.75. The van der Waals surface area contributed by atoms with Crippen molar-refractivity contribution in [3.8, 4) is 11.1 Å². The van der Waals surface area contributed by atoms with E-state index in [0.717, 1.165) is 29.7 Å². The van der Waals surface area contributed by atoms with Crippen molar-refractivity contribution < 1.29 is 19.1 Å². The quantitative estimate of drug-likeness (QED) is 0.696. The number of ether oxygens (including phenoxy) is 2. The van der Waals surface area contributed by atoms with E-state index in [9.17, 15) is 9.59 Å². The molecule has 2 aromatic heterocycles. The van der Waals surface area contributed by atoms with Crippen LogP contribution in [0.15, 0.2) is 24.5 Å². The number of carbonyl (C=O) groups excluding carboxylic acids is 2. The number of anilines is 1. The number of aromatic amines is 1. The Bertz CT molecular complexity index is 958. The van der Waals surface area contributed by atoms with Crippen LogP contribution in [0.1, 0.15) is 66.0 Å². The maximum absolute atomic E-state index is 12.5. The van der Waals surface area contributed by atoms with Crippen LogP contribution in [0.2, 0.25) is 0 Å². The number of H-pyrrole nitrogens is 1. The normalized spacial score (nSPS) is 17.1. The van der Waals surface area contributed by atoms with Crippen LogP contribution in [0.25, 0.3) is 11.1 Å². The number of hydrogen-bond acceptors (Lipinski definition) is 6. The zero-order chi connectivity index (χ0) is 23.5. The van der Waals surface area contributed by atoms with Crippen molar-refractivity contribution in [2.45, 2.75) is 71.5 Å². The van der Waals surface area contributed by atoms with Crippen LogP contribution in [0.4, 0.5) is 15.4 Å². The number of aromatic nitrogens is 3. The second-order valence-electron chi connectivity index (χ2n) is 10.0. The first-order valence-electron chi connectivity index (χ1n) is 10.9. The van der Waals surface area contributed by atoms with Gasteiger partial charge >= 0.3 is 12.2 Å². The molecule has 9 heteroatoms. The molecule has 3 heterocycles. The largest absolute Gasteiger partial charge is 0.444 e. The average molecular weight is 444 g/mol. The van der Waals surface area contributed by atoms with Gasteiger partial charge in [-0.2, -0.15) is 5.10 Å². The Kier molecular flexibility index (Phi) is 6.76. The zero-order valence-electron chi connectivity index (χ0n) is 19.7. The summed E-state index contributed by atoms with van der Waals surface area (Å²) in [5.74, 6) is 0.493. The van der Waals surface area contributed by atoms with Gasteiger partial charge in [-0.05, 0) is 72.1 Å². The lowest BCUT2D eigenvalue weighted by Crippen LogP contribution is -2.42. The van der Waals surface area contributed by atoms with Gasteiger partial charge in [-0.1, -0.05) is 0 Å². The van der Waals surface area contributed by atoms with Crippen molar-refractivity contribution in [1.29, 1.82) is 0 Å². The predicted octanol–water partition coefficient (Wildman–Crippen LogP) is 4.93. The fraction of sp³-hybridized carbons (Fsp3) is 0.565. The summed E-state index contributed by atoms with van der Waals surface area (Å²) in [4.78, 5) is 30.6. The molecular weight excluding hydrogens is 410 g/mol. The van der Waals surface area contributed by atoms with E-state index >= 15 is 0 Å². The molecule has 9 nitrogen and oxygen atoms in total. The molecule has 0 spiro atoms. The number of rotatable bonds is 3. The highest BCUT2D eigenvalue weighted by Gasteiger charge is 2.30. The minimum absolute atomic E-state index is 0.101. The summed E-state index contributed by atoms with van der Waals surface area (Å²) in [5, 5.41) is 10.0. The van der Waals surface area contributed by atoms with E-state index in [1.807, 2.05) is 26.8 Å². The monoisotopic (exact) mass is 443 g/mol. The Morgan fingerprint density at radius 2 is 1.88 bits per heavy atom. The maximum atomic E-state index is 12.5. The fourth-order valence-corrected chi connectivity index (χ4v) is 3.62. The second-order valence-corrected chi connectivity index (χ2v) is 10.0. The van der Waals surface area contributed by atoms with E-state index in [1.165, 1.54) is 0 Å². The van der Waals surface area contributed by atoms with Gasteiger partial charge in [0.25, 0.3) is 0 Å². The van der Waals surface area contributed by atoms with E-state index < -0.39 is 17.3 Å². The Morgan fingerprint density at radius 3 is 2.56 bits per heavy atom. The van der Waals surface area contributed by atoms with Gasteiger partial charge in [0.1, 0.15) is 17.0 Å². The number of likely N-dealkylation sites (tertiary alicyclic amines) is 1. The van der Waals surface area contributed by atoms with Gasteiger partial charge < -0.3 is 14.4 Å². The fourth-order valence-electron chi connectivity index (χ4n) is 3.62. The summed E-state index contributed by atoms with van der Waals surface area (Å²) in [6.45, 7) is 12.2. The molecule has 2 amide bonds. The molecule has 1 fully saturated rings. The van der Waals surface area contributed by atoms with Gasteiger partial charge in [0.15, 0.2) is 0 Å². The first-order valence-corrected chi connectivity index (χ1v) is 10.9. The third-order valence-electron chi connectivity index (χ3n) is 4.85. The smallest absolute Gasteiger partial charge is 0.413 e. The van der Waals surface area contributed by atoms with Crippen LogP contribution in [0, 0.1) is 0 Å². The lowest BCUT2D eigenvalue weighted by atomic mass is 9.91. The molecule has 0 bridgehead atoms. The molecule has 0 aliphatic carbocycles. The van der Waals surface area contributed by atoms with Crippen molar-refractivity contribution in [3.63, 3.8) is 0 Å². The van der Waals surface area contributed by atoms with E-state index in [0.29, 0.717) is 18.9 Å². The minimum Gasteiger partial charge on any atom is -0.444 e. The summed E-state index contributed by atoms with van der Waals surface area (Å²) >= 11 is 0. The highest BCUT2D eigenvalue weighted by molar-refractivity contribution is 5.84. The van der Waals surface area contributed by atoms with Gasteiger partial charge in [0.2, 0.25) is 0 Å². The Hall–Kier alpha value is -3.10. The van der Waals surface area contributed by atoms with Crippen LogP contribution in [-0.2, 0) is 9.47 Å². The molecule has 174 valence electrons. The highest BCUT2D eigenvalue weighted by atomic mass is 16.6. The molecule has 1 saturated heterocycles. The molecule has 0 saturated carbocycles. The van der Waals surface area contributed by atoms with Crippen molar-refractivity contribution in [2.75, 3.05) is 18.4 Å². The van der Waals surface area contributed by atoms with Crippen molar-refractivity contribution in [3.05, 3.63) is 30.2 Å². The molecule has 0 radical (unpaired) electrons. The number of pyridine rings is 1. The summed E-state index contributed by atoms with van der Waals surface area (Å²) in [6, 6.07) is 3.65. The van der Waals surface area contributed by atoms with Gasteiger partial charge in [0, 0.05) is 36.5 Å². The van der Waals surface area contributed by atoms with Crippen LogP contribution < -0.4 is 5.32 Å². The van der Waals surface area contributed by atoms with Gasteiger partial charge in [-0.15, -0.1) is 0 Å². The minimum atomic E-state index is -0.597. The molecule has 1 aliphatic heterocycles. The summed E-state index contributed by atoms with van der Waals surface area (Å²) in [6.07, 6.45) is 4.35. The second kappa shape index (κ2) is 9.18. The van der Waals surface area contributed by atoms with E-state index in [1.54, 1.807) is 44.1 Å². The van der Waals surface area contributed by atoms with Crippen molar-refractivity contribution in [1.82, 2.24) is 20.1 Å². The lowest BCUT2D eigenvalue weighted by Gasteiger charge is -2.34. The number of nitrogens with zero attached hydrogens (tertiary/aromatic N) is 3. The van der Waals surface area contributed by atoms with Gasteiger partial charge in [-0.3, -0.25) is 10.4 Å². The summed E-state index contributed by atoms with van der Waals surface area (Å²) < 4.78 is 10.8. The van der Waals surface area contributed by atoms with E-state index in [-0.39, 0.29) is 12.0 Å². The third kappa shape index (κ3) is 6.45. The number of piperidine rings is 1. The molecule has 2 aromatic rings. The molecule has 1 atom stereocenters. The number of amides is 2. The molecule has 0 aromatic carbocycles. The molecule has 1 unspecified atom stereocenters. The number of carbonyl (C=O) groups is 2. The van der Waals surface area contributed by atoms with Crippen LogP contribution in [0.3, 0.4) is 0 Å². The highest BCUT2D eigenvalue weighted by Crippen LogP contribution is 2.34. The lowest BCUT2D eigenvalue weighted by molar-refractivity contribution is 0.0197. The predicted molar refractivity (Wildman–Crippen MR) is 121 cm³/mol. The van der Waals surface area contributed by atoms with Gasteiger partial charge in [-0.25, -0.2) is 14.6 Å². The molecule has 32 heavy (non-hydrogen) atoms. The molecule has 3 rings (SSSR count). The number of nitrogens with one attached hydrogen (secondary N) is 2. The maximum Gasteiger partial charge on any atom is 0.413 e. The summed E-state index contributed by atoms with van der Waals surface area (Å²) in [5.41, 5.74) is 1.60. The topological polar surface area (TPSA) is 109 Å². The SMILES string of the molecule is CC(C)(C)OC(=O)Nc1cc(-c2cn[nH]c2C2CCCN(C(=O)OC(C)(C)C)C2)ccn1. The standard InChI is InChI=1S/C23H33N5O4/c1-22(2,3)31-20(29)26-18-12-15(9-10-24-18)17-13-25-27-19(17)16-8-7-11-28(14-16)21(30)32-23(4,5)6/h9-10,12-13,16H,7-8,11,14H2,1-6H3,(H,25,27)(H,24,26,29). The Labute approximate surface area is 188 Å². The number of hydrogen-bond donors (Lipinski definition) is 2. The van der Waals surface area contributed by atoms with Crippen molar-refractivity contribution >= 4 is 18.0 Å². The molecule has 2 N–H and O–H groups in total. The van der Waals surface area contributed by atoms with Crippen LogP contribution in [-0.4, -0.2) is 56.6 Å². The zero-order valence-corrected chi connectivity index (χ0v) is 19.7.